The third-order valence-corrected chi connectivity index (χ3v) is 11.0. The Hall–Kier alpha value is -0.790. The monoisotopic (exact) mass is 492 g/mol. The summed E-state index contributed by atoms with van der Waals surface area (Å²) in [4.78, 5) is 13.4. The summed E-state index contributed by atoms with van der Waals surface area (Å²) >= 11 is 0. The quantitative estimate of drug-likeness (QED) is 0.496. The van der Waals surface area contributed by atoms with E-state index < -0.39 is 22.7 Å². The maximum absolute atomic E-state index is 13.4. The number of rotatable bonds is 7. The number of methoxy groups -OCH3 is 2. The average molecular weight is 493 g/mol. The number of carbonyl (C=O) groups is 1. The van der Waals surface area contributed by atoms with Crippen LogP contribution >= 0.6 is 0 Å². The number of aliphatic hydroxyl groups is 3. The van der Waals surface area contributed by atoms with E-state index in [0.29, 0.717) is 31.6 Å². The normalized spacial score (nSPS) is 45.9. The molecule has 1 unspecified atom stereocenters. The second-order valence-corrected chi connectivity index (χ2v) is 13.2. The zero-order valence-corrected chi connectivity index (χ0v) is 22.8. The van der Waals surface area contributed by atoms with Crippen molar-refractivity contribution in [3.05, 3.63) is 11.6 Å². The summed E-state index contributed by atoms with van der Waals surface area (Å²) < 4.78 is 11.5. The van der Waals surface area contributed by atoms with Crippen molar-refractivity contribution in [2.24, 2.45) is 34.5 Å². The minimum absolute atomic E-state index is 0.0203. The van der Waals surface area contributed by atoms with Gasteiger partial charge < -0.3 is 24.8 Å². The van der Waals surface area contributed by atoms with Gasteiger partial charge in [-0.3, -0.25) is 4.79 Å². The van der Waals surface area contributed by atoms with Gasteiger partial charge in [0.1, 0.15) is 0 Å². The van der Waals surface area contributed by atoms with Gasteiger partial charge >= 0.3 is 0 Å². The topological polar surface area (TPSA) is 96.2 Å². The smallest absolute Gasteiger partial charge is 0.159 e. The number of fused-ring (bicyclic) bond motifs is 5. The van der Waals surface area contributed by atoms with Crippen LogP contribution in [0, 0.1) is 34.5 Å². The van der Waals surface area contributed by atoms with Crippen LogP contribution in [0.1, 0.15) is 86.0 Å². The lowest BCUT2D eigenvalue weighted by atomic mass is 9.45. The van der Waals surface area contributed by atoms with Crippen LogP contribution in [-0.2, 0) is 14.3 Å². The molecule has 0 heterocycles. The minimum Gasteiger partial charge on any atom is -0.390 e. The van der Waals surface area contributed by atoms with Gasteiger partial charge in [0.15, 0.2) is 5.78 Å². The lowest BCUT2D eigenvalue weighted by Crippen LogP contribution is -2.63. The van der Waals surface area contributed by atoms with Crippen LogP contribution < -0.4 is 0 Å². The SMILES string of the molecule is CO[C@H]1C[C@]2(C)C3CC[C@]4(C)[C@@H]([C@@](C)(O)[C@@H](CCC(C)C)OC)CC[C@@]4(O)C3=CC(=O)[C@@H]2C[C@H]1O. The summed E-state index contributed by atoms with van der Waals surface area (Å²) in [5, 5.41) is 34.9. The molecule has 0 amide bonds. The maximum Gasteiger partial charge on any atom is 0.159 e. The predicted molar refractivity (Wildman–Crippen MR) is 135 cm³/mol. The van der Waals surface area contributed by atoms with E-state index in [4.69, 9.17) is 9.47 Å². The number of ketones is 1. The molecule has 0 aliphatic heterocycles. The zero-order chi connectivity index (χ0) is 26.0. The Bertz CT molecular complexity index is 850. The fourth-order valence-corrected chi connectivity index (χ4v) is 8.88. The van der Waals surface area contributed by atoms with E-state index in [1.54, 1.807) is 20.3 Å². The lowest BCUT2D eigenvalue weighted by Gasteiger charge is -2.61. The highest BCUT2D eigenvalue weighted by atomic mass is 16.5. The van der Waals surface area contributed by atoms with Crippen molar-refractivity contribution < 1.29 is 29.6 Å². The molecule has 0 spiro atoms. The van der Waals surface area contributed by atoms with Gasteiger partial charge in [0.2, 0.25) is 0 Å². The van der Waals surface area contributed by atoms with Crippen LogP contribution in [0.5, 0.6) is 0 Å². The molecule has 0 aromatic carbocycles. The Morgan fingerprint density at radius 1 is 1.14 bits per heavy atom. The van der Waals surface area contributed by atoms with Gasteiger partial charge in [-0.1, -0.05) is 27.7 Å². The minimum atomic E-state index is -1.14. The standard InChI is InChI=1S/C29H48O6/c1-17(2)8-9-25(35-7)28(5,32)24-11-13-29(33)19-14-21(30)20-15-22(31)23(34-6)16-26(20,3)18(19)10-12-27(24,29)4/h14,17-18,20,22-25,31-33H,8-13,15-16H2,1-7H3/t18?,20-,22+,23-,24-,25+,26+,27+,28+,29+/m0/s1. The molecule has 3 fully saturated rings. The first-order chi connectivity index (χ1) is 16.3. The molecule has 6 heteroatoms. The van der Waals surface area contributed by atoms with E-state index in [9.17, 15) is 20.1 Å². The van der Waals surface area contributed by atoms with Crippen LogP contribution in [0.2, 0.25) is 0 Å². The Morgan fingerprint density at radius 3 is 2.43 bits per heavy atom. The summed E-state index contributed by atoms with van der Waals surface area (Å²) in [5.41, 5.74) is -2.27. The van der Waals surface area contributed by atoms with Crippen molar-refractivity contribution in [3.8, 4) is 0 Å². The molecule has 0 aromatic heterocycles. The Labute approximate surface area is 211 Å². The Balaban J connectivity index is 1.69. The fraction of sp³-hybridized carbons (Fsp3) is 0.897. The van der Waals surface area contributed by atoms with Gasteiger partial charge in [-0.2, -0.15) is 0 Å². The van der Waals surface area contributed by atoms with E-state index in [0.717, 1.165) is 31.3 Å². The number of ether oxygens (including phenoxy) is 2. The van der Waals surface area contributed by atoms with Crippen LogP contribution in [0.3, 0.4) is 0 Å². The molecule has 4 aliphatic carbocycles. The Kier molecular flexibility index (Phi) is 7.16. The number of allylic oxidation sites excluding steroid dienone is 1. The maximum atomic E-state index is 13.4. The average Bonchev–Trinajstić information content (AvgIpc) is 3.07. The van der Waals surface area contributed by atoms with Gasteiger partial charge in [0.05, 0.1) is 29.5 Å². The predicted octanol–water partition coefficient (Wildman–Crippen LogP) is 4.05. The second kappa shape index (κ2) is 9.20. The second-order valence-electron chi connectivity index (χ2n) is 13.2. The molecule has 10 atom stereocenters. The molecule has 0 radical (unpaired) electrons. The summed E-state index contributed by atoms with van der Waals surface area (Å²) in [7, 11) is 3.30. The third kappa shape index (κ3) is 3.98. The molecule has 200 valence electrons. The molecular formula is C29H48O6. The van der Waals surface area contributed by atoms with Crippen molar-refractivity contribution >= 4 is 5.78 Å². The summed E-state index contributed by atoms with van der Waals surface area (Å²) in [6, 6.07) is 0. The zero-order valence-electron chi connectivity index (χ0n) is 22.8. The third-order valence-electron chi connectivity index (χ3n) is 11.0. The van der Waals surface area contributed by atoms with Crippen LogP contribution in [0.25, 0.3) is 0 Å². The van der Waals surface area contributed by atoms with E-state index in [-0.39, 0.29) is 41.2 Å². The largest absolute Gasteiger partial charge is 0.390 e. The highest BCUT2D eigenvalue weighted by Crippen LogP contribution is 2.68. The van der Waals surface area contributed by atoms with Crippen LogP contribution in [-0.4, -0.2) is 64.8 Å². The molecule has 0 bridgehead atoms. The van der Waals surface area contributed by atoms with Gasteiger partial charge in [-0.15, -0.1) is 0 Å². The highest BCUT2D eigenvalue weighted by molar-refractivity contribution is 5.95. The van der Waals surface area contributed by atoms with Gasteiger partial charge in [-0.25, -0.2) is 0 Å². The lowest BCUT2D eigenvalue weighted by molar-refractivity contribution is -0.181. The molecule has 0 saturated heterocycles. The van der Waals surface area contributed by atoms with Crippen molar-refractivity contribution in [2.45, 2.75) is 115 Å². The molecular weight excluding hydrogens is 444 g/mol. The summed E-state index contributed by atoms with van der Waals surface area (Å²) in [6.45, 7) is 10.5. The number of aliphatic hydroxyl groups excluding tert-OH is 1. The molecule has 35 heavy (non-hydrogen) atoms. The van der Waals surface area contributed by atoms with Crippen molar-refractivity contribution in [1.29, 1.82) is 0 Å². The molecule has 0 aromatic rings. The van der Waals surface area contributed by atoms with Crippen molar-refractivity contribution in [3.63, 3.8) is 0 Å². The fourth-order valence-electron chi connectivity index (χ4n) is 8.88. The number of hydrogen-bond acceptors (Lipinski definition) is 6. The summed E-state index contributed by atoms with van der Waals surface area (Å²) in [6.07, 6.45) is 6.10. The molecule has 4 aliphatic rings. The van der Waals surface area contributed by atoms with Gasteiger partial charge in [-0.05, 0) is 93.1 Å². The van der Waals surface area contributed by atoms with E-state index in [1.165, 1.54) is 0 Å². The number of carbonyl (C=O) groups excluding carboxylic acids is 1. The molecule has 4 rings (SSSR count). The molecule has 3 saturated carbocycles. The first-order valence-electron chi connectivity index (χ1n) is 13.7. The summed E-state index contributed by atoms with van der Waals surface area (Å²) in [5.74, 6) is 0.217. The Morgan fingerprint density at radius 2 is 1.83 bits per heavy atom. The number of hydrogen-bond donors (Lipinski definition) is 3. The van der Waals surface area contributed by atoms with Crippen molar-refractivity contribution in [2.75, 3.05) is 14.2 Å². The highest BCUT2D eigenvalue weighted by Gasteiger charge is 2.69. The first-order valence-corrected chi connectivity index (χ1v) is 13.7. The van der Waals surface area contributed by atoms with Crippen molar-refractivity contribution in [1.82, 2.24) is 0 Å². The molecule has 3 N–H and O–H groups in total. The molecule has 6 nitrogen and oxygen atoms in total. The van der Waals surface area contributed by atoms with E-state index >= 15 is 0 Å². The van der Waals surface area contributed by atoms with Crippen LogP contribution in [0.15, 0.2) is 11.6 Å². The first kappa shape index (κ1) is 27.3. The van der Waals surface area contributed by atoms with Gasteiger partial charge in [0.25, 0.3) is 0 Å². The van der Waals surface area contributed by atoms with E-state index in [1.807, 2.05) is 6.92 Å². The van der Waals surface area contributed by atoms with E-state index in [2.05, 4.69) is 27.7 Å². The van der Waals surface area contributed by atoms with Gasteiger partial charge in [0, 0.05) is 25.6 Å². The van der Waals surface area contributed by atoms with Crippen LogP contribution in [0.4, 0.5) is 0 Å².